The van der Waals surface area contributed by atoms with Crippen LogP contribution in [0.25, 0.3) is 0 Å². The van der Waals surface area contributed by atoms with Crippen LogP contribution in [-0.2, 0) is 0 Å². The third kappa shape index (κ3) is 2.39. The highest BCUT2D eigenvalue weighted by atomic mass is 16.3. The fourth-order valence-electron chi connectivity index (χ4n) is 1.06. The van der Waals surface area contributed by atoms with Crippen molar-refractivity contribution < 1.29 is 5.11 Å². The molecule has 0 saturated heterocycles. The van der Waals surface area contributed by atoms with Gasteiger partial charge < -0.3 is 16.2 Å². The molecule has 0 saturated carbocycles. The van der Waals surface area contributed by atoms with Crippen LogP contribution in [-0.4, -0.2) is 16.7 Å². The lowest BCUT2D eigenvalue weighted by atomic mass is 9.98. The van der Waals surface area contributed by atoms with Crippen LogP contribution in [0.15, 0.2) is 24.3 Å². The summed E-state index contributed by atoms with van der Waals surface area (Å²) in [5, 5.41) is 12.7. The summed E-state index contributed by atoms with van der Waals surface area (Å²) < 4.78 is 0. The number of anilines is 2. The molecule has 1 unspecified atom stereocenters. The van der Waals surface area contributed by atoms with Crippen LogP contribution in [0.5, 0.6) is 0 Å². The number of para-hydroxylation sites is 2. The van der Waals surface area contributed by atoms with Crippen LogP contribution in [0.2, 0.25) is 0 Å². The van der Waals surface area contributed by atoms with Crippen LogP contribution in [0.3, 0.4) is 0 Å². The summed E-state index contributed by atoms with van der Waals surface area (Å²) >= 11 is 0. The fraction of sp³-hybridized carbons (Fsp3) is 0.455. The predicted molar refractivity (Wildman–Crippen MR) is 60.2 cm³/mol. The maximum atomic E-state index is 9.53. The van der Waals surface area contributed by atoms with Crippen LogP contribution in [0.1, 0.15) is 20.8 Å². The molecule has 0 amide bonds. The van der Waals surface area contributed by atoms with E-state index in [-0.39, 0.29) is 5.54 Å². The van der Waals surface area contributed by atoms with E-state index in [1.54, 1.807) is 6.92 Å². The van der Waals surface area contributed by atoms with Gasteiger partial charge in [-0.2, -0.15) is 0 Å². The molecule has 0 radical (unpaired) electrons. The molecular weight excluding hydrogens is 176 g/mol. The normalized spacial score (nSPS) is 13.7. The van der Waals surface area contributed by atoms with Crippen molar-refractivity contribution in [3.63, 3.8) is 0 Å². The molecule has 0 bridgehead atoms. The van der Waals surface area contributed by atoms with Gasteiger partial charge in [0.25, 0.3) is 0 Å². The molecule has 0 aromatic heterocycles. The third-order valence-electron chi connectivity index (χ3n) is 2.46. The molecule has 0 heterocycles. The summed E-state index contributed by atoms with van der Waals surface area (Å²) in [7, 11) is 0. The molecule has 3 heteroatoms. The Bertz CT molecular complexity index is 308. The zero-order chi connectivity index (χ0) is 10.8. The summed E-state index contributed by atoms with van der Waals surface area (Å²) in [5.74, 6) is 0. The lowest BCUT2D eigenvalue weighted by Gasteiger charge is -2.31. The van der Waals surface area contributed by atoms with Gasteiger partial charge in [-0.1, -0.05) is 12.1 Å². The molecule has 4 N–H and O–H groups in total. The summed E-state index contributed by atoms with van der Waals surface area (Å²) in [6.45, 7) is 5.63. The fourth-order valence-corrected chi connectivity index (χ4v) is 1.06. The second-order valence-electron chi connectivity index (χ2n) is 4.11. The van der Waals surface area contributed by atoms with Crippen LogP contribution in [0, 0.1) is 0 Å². The van der Waals surface area contributed by atoms with Crippen molar-refractivity contribution in [1.82, 2.24) is 0 Å². The Hall–Kier alpha value is -1.22. The van der Waals surface area contributed by atoms with E-state index in [1.807, 2.05) is 38.1 Å². The quantitative estimate of drug-likeness (QED) is 0.643. The first-order valence-corrected chi connectivity index (χ1v) is 4.74. The smallest absolute Gasteiger partial charge is 0.0736 e. The van der Waals surface area contributed by atoms with Gasteiger partial charge in [0.2, 0.25) is 0 Å². The topological polar surface area (TPSA) is 58.3 Å². The molecule has 0 spiro atoms. The SMILES string of the molecule is CC(O)C(C)(C)Nc1ccccc1N. The molecule has 1 rings (SSSR count). The van der Waals surface area contributed by atoms with Crippen molar-refractivity contribution in [1.29, 1.82) is 0 Å². The zero-order valence-corrected chi connectivity index (χ0v) is 8.91. The van der Waals surface area contributed by atoms with Crippen molar-refractivity contribution in [3.8, 4) is 0 Å². The highest BCUT2D eigenvalue weighted by Gasteiger charge is 2.23. The molecular formula is C11H18N2O. The van der Waals surface area contributed by atoms with E-state index >= 15 is 0 Å². The van der Waals surface area contributed by atoms with E-state index in [4.69, 9.17) is 5.73 Å². The Morgan fingerprint density at radius 3 is 2.43 bits per heavy atom. The van der Waals surface area contributed by atoms with Crippen molar-refractivity contribution >= 4 is 11.4 Å². The summed E-state index contributed by atoms with van der Waals surface area (Å²) in [6, 6.07) is 7.53. The van der Waals surface area contributed by atoms with E-state index in [1.165, 1.54) is 0 Å². The van der Waals surface area contributed by atoms with E-state index in [9.17, 15) is 5.11 Å². The van der Waals surface area contributed by atoms with Gasteiger partial charge in [-0.05, 0) is 32.9 Å². The van der Waals surface area contributed by atoms with Crippen molar-refractivity contribution in [2.24, 2.45) is 0 Å². The minimum Gasteiger partial charge on any atom is -0.397 e. The molecule has 78 valence electrons. The van der Waals surface area contributed by atoms with E-state index in [0.717, 1.165) is 5.69 Å². The van der Waals surface area contributed by atoms with E-state index < -0.39 is 6.10 Å². The minimum atomic E-state index is -0.442. The third-order valence-corrected chi connectivity index (χ3v) is 2.46. The monoisotopic (exact) mass is 194 g/mol. The lowest BCUT2D eigenvalue weighted by molar-refractivity contribution is 0.133. The predicted octanol–water partition coefficient (Wildman–Crippen LogP) is 1.84. The number of hydrogen-bond acceptors (Lipinski definition) is 3. The molecule has 1 aromatic carbocycles. The molecule has 14 heavy (non-hydrogen) atoms. The van der Waals surface area contributed by atoms with Crippen molar-refractivity contribution in [3.05, 3.63) is 24.3 Å². The Morgan fingerprint density at radius 1 is 1.36 bits per heavy atom. The minimum absolute atomic E-state index is 0.379. The standard InChI is InChI=1S/C11H18N2O/c1-8(14)11(2,3)13-10-7-5-4-6-9(10)12/h4-8,13-14H,12H2,1-3H3. The molecule has 1 aromatic rings. The average Bonchev–Trinajstić information content (AvgIpc) is 2.08. The molecule has 0 aliphatic rings. The second-order valence-corrected chi connectivity index (χ2v) is 4.11. The highest BCUT2D eigenvalue weighted by Crippen LogP contribution is 2.23. The molecule has 0 aliphatic heterocycles. The number of nitrogens with one attached hydrogen (secondary N) is 1. The van der Waals surface area contributed by atoms with Gasteiger partial charge in [0.05, 0.1) is 23.0 Å². The maximum absolute atomic E-state index is 9.53. The summed E-state index contributed by atoms with van der Waals surface area (Å²) in [6.07, 6.45) is -0.442. The van der Waals surface area contributed by atoms with Gasteiger partial charge in [-0.15, -0.1) is 0 Å². The van der Waals surface area contributed by atoms with Crippen LogP contribution in [0.4, 0.5) is 11.4 Å². The molecule has 0 aliphatic carbocycles. The number of hydrogen-bond donors (Lipinski definition) is 3. The van der Waals surface area contributed by atoms with Gasteiger partial charge in [0.15, 0.2) is 0 Å². The Morgan fingerprint density at radius 2 is 1.93 bits per heavy atom. The molecule has 3 nitrogen and oxygen atoms in total. The van der Waals surface area contributed by atoms with Crippen LogP contribution >= 0.6 is 0 Å². The Labute approximate surface area is 84.9 Å². The maximum Gasteiger partial charge on any atom is 0.0736 e. The van der Waals surface area contributed by atoms with Gasteiger partial charge in [-0.25, -0.2) is 0 Å². The first kappa shape index (κ1) is 10.9. The first-order valence-electron chi connectivity index (χ1n) is 4.74. The van der Waals surface area contributed by atoms with E-state index in [0.29, 0.717) is 5.69 Å². The van der Waals surface area contributed by atoms with E-state index in [2.05, 4.69) is 5.32 Å². The molecule has 1 atom stereocenters. The number of nitrogen functional groups attached to an aromatic ring is 1. The average molecular weight is 194 g/mol. The van der Waals surface area contributed by atoms with Crippen molar-refractivity contribution in [2.45, 2.75) is 32.4 Å². The largest absolute Gasteiger partial charge is 0.397 e. The number of benzene rings is 1. The molecule has 0 fully saturated rings. The Balaban J connectivity index is 2.84. The lowest BCUT2D eigenvalue weighted by Crippen LogP contribution is -2.42. The first-order chi connectivity index (χ1) is 6.43. The van der Waals surface area contributed by atoms with Crippen molar-refractivity contribution in [2.75, 3.05) is 11.1 Å². The number of aliphatic hydroxyl groups is 1. The van der Waals surface area contributed by atoms with Crippen LogP contribution < -0.4 is 11.1 Å². The zero-order valence-electron chi connectivity index (χ0n) is 8.91. The Kier molecular flexibility index (Phi) is 3.01. The number of aliphatic hydroxyl groups excluding tert-OH is 1. The van der Waals surface area contributed by atoms with Gasteiger partial charge >= 0.3 is 0 Å². The van der Waals surface area contributed by atoms with Gasteiger partial charge in [0.1, 0.15) is 0 Å². The number of rotatable bonds is 3. The number of nitrogens with two attached hydrogens (primary N) is 1. The van der Waals surface area contributed by atoms with Gasteiger partial charge in [0, 0.05) is 0 Å². The highest BCUT2D eigenvalue weighted by molar-refractivity contribution is 5.66. The second kappa shape index (κ2) is 3.88. The summed E-state index contributed by atoms with van der Waals surface area (Å²) in [5.41, 5.74) is 6.96. The van der Waals surface area contributed by atoms with Gasteiger partial charge in [-0.3, -0.25) is 0 Å². The summed E-state index contributed by atoms with van der Waals surface area (Å²) in [4.78, 5) is 0.